The van der Waals surface area contributed by atoms with E-state index < -0.39 is 0 Å². The highest BCUT2D eigenvalue weighted by molar-refractivity contribution is 9.10. The van der Waals surface area contributed by atoms with Crippen LogP contribution in [0.15, 0.2) is 51.9 Å². The average Bonchev–Trinajstić information content (AvgIpc) is 2.93. The molecule has 0 fully saturated rings. The van der Waals surface area contributed by atoms with Crippen molar-refractivity contribution >= 4 is 43.4 Å². The first-order chi connectivity index (χ1) is 11.7. The van der Waals surface area contributed by atoms with Gasteiger partial charge in [0.25, 0.3) is 5.91 Å². The summed E-state index contributed by atoms with van der Waals surface area (Å²) >= 11 is 4.92. The van der Waals surface area contributed by atoms with Crippen molar-refractivity contribution in [3.05, 3.63) is 57.3 Å². The number of hydrogen-bond acceptors (Lipinski definition) is 3. The Morgan fingerprint density at radius 2 is 2.04 bits per heavy atom. The number of fused-ring (bicyclic) bond motifs is 1. The van der Waals surface area contributed by atoms with Gasteiger partial charge in [0, 0.05) is 11.0 Å². The van der Waals surface area contributed by atoms with Crippen LogP contribution in [0.25, 0.3) is 10.2 Å². The minimum atomic E-state index is -0.252. The normalized spacial score (nSPS) is 11.9. The van der Waals surface area contributed by atoms with E-state index >= 15 is 0 Å². The van der Waals surface area contributed by atoms with Crippen molar-refractivity contribution in [2.75, 3.05) is 7.11 Å². The Morgan fingerprint density at radius 1 is 1.25 bits per heavy atom. The standard InChI is InChI=1S/C18H17BrN2O2S/c1-3-11-21-16-14(23-2)9-6-10-15(16)24-18(21)20-17(22)12-7-4-5-8-13(12)19/h4-10H,3,11H2,1-2H3. The van der Waals surface area contributed by atoms with Crippen LogP contribution >= 0.6 is 27.3 Å². The molecular weight excluding hydrogens is 388 g/mol. The Hall–Kier alpha value is -1.92. The molecule has 0 aliphatic carbocycles. The Bertz CT molecular complexity index is 959. The van der Waals surface area contributed by atoms with Gasteiger partial charge < -0.3 is 9.30 Å². The second kappa shape index (κ2) is 7.32. The maximum Gasteiger partial charge on any atom is 0.280 e. The van der Waals surface area contributed by atoms with Crippen molar-refractivity contribution in [2.24, 2.45) is 4.99 Å². The van der Waals surface area contributed by atoms with Gasteiger partial charge in [-0.05, 0) is 46.6 Å². The Balaban J connectivity index is 2.20. The van der Waals surface area contributed by atoms with E-state index in [9.17, 15) is 4.79 Å². The zero-order valence-electron chi connectivity index (χ0n) is 13.5. The molecule has 24 heavy (non-hydrogen) atoms. The van der Waals surface area contributed by atoms with Crippen molar-refractivity contribution in [1.82, 2.24) is 4.57 Å². The van der Waals surface area contributed by atoms with Crippen molar-refractivity contribution in [2.45, 2.75) is 19.9 Å². The summed E-state index contributed by atoms with van der Waals surface area (Å²) in [5.41, 5.74) is 1.55. The zero-order chi connectivity index (χ0) is 17.1. The number of halogens is 1. The molecule has 0 unspecified atom stereocenters. The molecule has 0 saturated carbocycles. The number of nitrogens with zero attached hydrogens (tertiary/aromatic N) is 2. The molecule has 0 N–H and O–H groups in total. The lowest BCUT2D eigenvalue weighted by Gasteiger charge is -2.07. The molecule has 2 aromatic carbocycles. The predicted octanol–water partition coefficient (Wildman–Crippen LogP) is 4.63. The van der Waals surface area contributed by atoms with Gasteiger partial charge in [0.15, 0.2) is 4.80 Å². The van der Waals surface area contributed by atoms with E-state index in [0.29, 0.717) is 10.4 Å². The van der Waals surface area contributed by atoms with E-state index in [4.69, 9.17) is 4.74 Å². The van der Waals surface area contributed by atoms with Crippen LogP contribution in [0.3, 0.4) is 0 Å². The zero-order valence-corrected chi connectivity index (χ0v) is 15.9. The van der Waals surface area contributed by atoms with E-state index in [1.54, 1.807) is 13.2 Å². The van der Waals surface area contributed by atoms with Crippen LogP contribution in [0.2, 0.25) is 0 Å². The third-order valence-electron chi connectivity index (χ3n) is 3.63. The van der Waals surface area contributed by atoms with Crippen LogP contribution in [0.5, 0.6) is 5.75 Å². The molecule has 1 aromatic heterocycles. The number of carbonyl (C=O) groups excluding carboxylic acids is 1. The summed E-state index contributed by atoms with van der Waals surface area (Å²) in [7, 11) is 1.66. The van der Waals surface area contributed by atoms with E-state index in [1.807, 2.05) is 36.4 Å². The molecule has 0 bridgehead atoms. The van der Waals surface area contributed by atoms with Gasteiger partial charge in [-0.1, -0.05) is 36.5 Å². The number of rotatable bonds is 4. The summed E-state index contributed by atoms with van der Waals surface area (Å²) in [4.78, 5) is 17.7. The van der Waals surface area contributed by atoms with Crippen LogP contribution in [0, 0.1) is 0 Å². The van der Waals surface area contributed by atoms with Crippen molar-refractivity contribution in [1.29, 1.82) is 0 Å². The molecule has 1 amide bonds. The molecule has 1 heterocycles. The SMILES string of the molecule is CCCn1c(=NC(=O)c2ccccc2Br)sc2cccc(OC)c21. The summed E-state index contributed by atoms with van der Waals surface area (Å²) < 4.78 is 9.36. The van der Waals surface area contributed by atoms with Crippen molar-refractivity contribution < 1.29 is 9.53 Å². The molecule has 3 rings (SSSR count). The van der Waals surface area contributed by atoms with Crippen LogP contribution in [0.4, 0.5) is 0 Å². The number of carbonyl (C=O) groups is 1. The topological polar surface area (TPSA) is 43.6 Å². The van der Waals surface area contributed by atoms with Gasteiger partial charge in [-0.15, -0.1) is 0 Å². The van der Waals surface area contributed by atoms with Crippen molar-refractivity contribution in [3.8, 4) is 5.75 Å². The summed E-state index contributed by atoms with van der Waals surface area (Å²) in [5, 5.41) is 0. The Labute approximate surface area is 152 Å². The lowest BCUT2D eigenvalue weighted by Crippen LogP contribution is -2.17. The van der Waals surface area contributed by atoms with E-state index in [0.717, 1.165) is 33.4 Å². The number of aryl methyl sites for hydroxylation is 1. The minimum absolute atomic E-state index is 0.252. The van der Waals surface area contributed by atoms with Crippen LogP contribution in [-0.4, -0.2) is 17.6 Å². The molecule has 124 valence electrons. The fourth-order valence-electron chi connectivity index (χ4n) is 2.56. The van der Waals surface area contributed by atoms with Gasteiger partial charge in [0.1, 0.15) is 11.3 Å². The second-order valence-corrected chi connectivity index (χ2v) is 7.10. The fourth-order valence-corrected chi connectivity index (χ4v) is 4.09. The summed E-state index contributed by atoms with van der Waals surface area (Å²) in [5.74, 6) is 0.546. The molecule has 0 aliphatic heterocycles. The first-order valence-electron chi connectivity index (χ1n) is 7.65. The highest BCUT2D eigenvalue weighted by Gasteiger charge is 2.13. The largest absolute Gasteiger partial charge is 0.495 e. The molecular formula is C18H17BrN2O2S. The van der Waals surface area contributed by atoms with E-state index in [-0.39, 0.29) is 5.91 Å². The average molecular weight is 405 g/mol. The fraction of sp³-hybridized carbons (Fsp3) is 0.222. The summed E-state index contributed by atoms with van der Waals surface area (Å²) in [6.45, 7) is 2.88. The van der Waals surface area contributed by atoms with Gasteiger partial charge in [0.2, 0.25) is 0 Å². The molecule has 0 spiro atoms. The molecule has 0 radical (unpaired) electrons. The van der Waals surface area contributed by atoms with Gasteiger partial charge >= 0.3 is 0 Å². The highest BCUT2D eigenvalue weighted by Crippen LogP contribution is 2.27. The third kappa shape index (κ3) is 3.16. The molecule has 0 saturated heterocycles. The maximum atomic E-state index is 12.6. The Kier molecular flexibility index (Phi) is 5.16. The summed E-state index contributed by atoms with van der Waals surface area (Å²) in [6.07, 6.45) is 0.945. The second-order valence-electron chi connectivity index (χ2n) is 5.24. The summed E-state index contributed by atoms with van der Waals surface area (Å²) in [6, 6.07) is 13.2. The highest BCUT2D eigenvalue weighted by atomic mass is 79.9. The molecule has 4 nitrogen and oxygen atoms in total. The van der Waals surface area contributed by atoms with Gasteiger partial charge in [-0.2, -0.15) is 4.99 Å². The number of hydrogen-bond donors (Lipinski definition) is 0. The maximum absolute atomic E-state index is 12.6. The number of ether oxygens (including phenoxy) is 1. The molecule has 3 aromatic rings. The lowest BCUT2D eigenvalue weighted by molar-refractivity contribution is 0.0997. The van der Waals surface area contributed by atoms with Gasteiger partial charge in [-0.25, -0.2) is 0 Å². The first kappa shape index (κ1) is 16.9. The number of methoxy groups -OCH3 is 1. The molecule has 0 aliphatic rings. The minimum Gasteiger partial charge on any atom is -0.495 e. The van der Waals surface area contributed by atoms with E-state index in [1.165, 1.54) is 11.3 Å². The van der Waals surface area contributed by atoms with Gasteiger partial charge in [0.05, 0.1) is 17.4 Å². The lowest BCUT2D eigenvalue weighted by atomic mass is 10.2. The molecule has 0 atom stereocenters. The number of benzene rings is 2. The number of aromatic nitrogens is 1. The Morgan fingerprint density at radius 3 is 2.75 bits per heavy atom. The molecule has 6 heteroatoms. The van der Waals surface area contributed by atoms with Crippen LogP contribution < -0.4 is 9.54 Å². The quantitative estimate of drug-likeness (QED) is 0.636. The third-order valence-corrected chi connectivity index (χ3v) is 5.37. The van der Waals surface area contributed by atoms with Crippen LogP contribution in [0.1, 0.15) is 23.7 Å². The first-order valence-corrected chi connectivity index (χ1v) is 9.26. The number of amides is 1. The van der Waals surface area contributed by atoms with Crippen molar-refractivity contribution in [3.63, 3.8) is 0 Å². The predicted molar refractivity (Wildman–Crippen MR) is 101 cm³/mol. The smallest absolute Gasteiger partial charge is 0.280 e. The van der Waals surface area contributed by atoms with E-state index in [2.05, 4.69) is 32.4 Å². The number of thiazole rings is 1. The monoisotopic (exact) mass is 404 g/mol. The van der Waals surface area contributed by atoms with Crippen LogP contribution in [-0.2, 0) is 6.54 Å². The van der Waals surface area contributed by atoms with Gasteiger partial charge in [-0.3, -0.25) is 4.79 Å². The number of para-hydroxylation sites is 1.